The Morgan fingerprint density at radius 3 is 2.07 bits per heavy atom. The van der Waals surface area contributed by atoms with Crippen LogP contribution in [0.15, 0.2) is 28.0 Å². The molecule has 0 fully saturated rings. The molecule has 7 nitrogen and oxygen atoms in total. The molecule has 5 N–H and O–H groups in total. The van der Waals surface area contributed by atoms with E-state index in [1.807, 2.05) is 0 Å². The first-order valence-electron chi connectivity index (χ1n) is 3.52. The van der Waals surface area contributed by atoms with Gasteiger partial charge in [-0.05, 0) is 18.2 Å². The van der Waals surface area contributed by atoms with Crippen LogP contribution >= 0.6 is 0 Å². The molecular weight excluding hydrogens is 244 g/mol. The number of primary sulfonamides is 1. The average Bonchev–Trinajstić information content (AvgIpc) is 2.00. The van der Waals surface area contributed by atoms with Gasteiger partial charge in [0.2, 0.25) is 10.0 Å². The predicted octanol–water partition coefficient (Wildman–Crippen LogP) is -0.837. The van der Waals surface area contributed by atoms with E-state index in [1.54, 1.807) is 0 Å². The average molecular weight is 252 g/mol. The summed E-state index contributed by atoms with van der Waals surface area (Å²) in [6, 6.07) is 2.70. The lowest BCUT2D eigenvalue weighted by Crippen LogP contribution is -2.15. The second-order valence-electron chi connectivity index (χ2n) is 2.72. The van der Waals surface area contributed by atoms with Crippen LogP contribution in [0.3, 0.4) is 0 Å². The molecule has 0 saturated heterocycles. The Labute approximate surface area is 86.5 Å². The second-order valence-corrected chi connectivity index (χ2v) is 5.67. The lowest BCUT2D eigenvalue weighted by atomic mass is 10.3. The van der Waals surface area contributed by atoms with Gasteiger partial charge in [0.05, 0.1) is 10.6 Å². The van der Waals surface area contributed by atoms with E-state index in [2.05, 4.69) is 0 Å². The number of benzene rings is 1. The highest BCUT2D eigenvalue weighted by Crippen LogP contribution is 2.20. The van der Waals surface area contributed by atoms with Crippen LogP contribution in [0.2, 0.25) is 0 Å². The van der Waals surface area contributed by atoms with Crippen molar-refractivity contribution in [2.24, 2.45) is 5.14 Å². The third-order valence-electron chi connectivity index (χ3n) is 1.59. The van der Waals surface area contributed by atoms with E-state index in [9.17, 15) is 16.8 Å². The van der Waals surface area contributed by atoms with Crippen LogP contribution in [0.25, 0.3) is 0 Å². The van der Waals surface area contributed by atoms with Crippen LogP contribution in [0.4, 0.5) is 5.69 Å². The number of sulfonamides is 1. The molecule has 0 bridgehead atoms. The first-order chi connectivity index (χ1) is 6.62. The second kappa shape index (κ2) is 3.45. The third kappa shape index (κ3) is 2.65. The van der Waals surface area contributed by atoms with Crippen molar-refractivity contribution >= 4 is 25.8 Å². The zero-order chi connectivity index (χ0) is 11.9. The summed E-state index contributed by atoms with van der Waals surface area (Å²) in [5.41, 5.74) is 5.09. The maximum absolute atomic E-state index is 11.0. The molecule has 0 saturated carbocycles. The summed E-state index contributed by atoms with van der Waals surface area (Å²) in [7, 11) is -8.59. The van der Waals surface area contributed by atoms with Gasteiger partial charge < -0.3 is 5.73 Å². The summed E-state index contributed by atoms with van der Waals surface area (Å²) in [5.74, 6) is 0. The van der Waals surface area contributed by atoms with Gasteiger partial charge in [-0.3, -0.25) is 4.55 Å². The molecule has 0 spiro atoms. The third-order valence-corrected chi connectivity index (χ3v) is 3.41. The molecule has 0 radical (unpaired) electrons. The highest BCUT2D eigenvalue weighted by atomic mass is 32.2. The van der Waals surface area contributed by atoms with E-state index < -0.39 is 29.9 Å². The van der Waals surface area contributed by atoms with Crippen LogP contribution in [-0.2, 0) is 20.1 Å². The van der Waals surface area contributed by atoms with Gasteiger partial charge in [-0.25, -0.2) is 13.6 Å². The normalized spacial score (nSPS) is 12.7. The van der Waals surface area contributed by atoms with Crippen molar-refractivity contribution < 1.29 is 21.4 Å². The van der Waals surface area contributed by atoms with E-state index in [0.29, 0.717) is 6.07 Å². The minimum atomic E-state index is -4.48. The van der Waals surface area contributed by atoms with Crippen molar-refractivity contribution in [3.63, 3.8) is 0 Å². The van der Waals surface area contributed by atoms with Crippen LogP contribution in [0.1, 0.15) is 0 Å². The smallest absolute Gasteiger partial charge is 0.294 e. The summed E-state index contributed by atoms with van der Waals surface area (Å²) in [5, 5.41) is 4.79. The molecule has 9 heteroatoms. The number of hydrogen-bond acceptors (Lipinski definition) is 5. The Morgan fingerprint density at radius 2 is 1.67 bits per heavy atom. The molecule has 1 aromatic carbocycles. The minimum Gasteiger partial charge on any atom is -0.398 e. The molecule has 1 aromatic rings. The first-order valence-corrected chi connectivity index (χ1v) is 6.51. The van der Waals surface area contributed by atoms with Crippen molar-refractivity contribution in [3.8, 4) is 0 Å². The highest BCUT2D eigenvalue weighted by Gasteiger charge is 2.17. The van der Waals surface area contributed by atoms with Gasteiger partial charge >= 0.3 is 0 Å². The van der Waals surface area contributed by atoms with Crippen LogP contribution < -0.4 is 10.9 Å². The van der Waals surface area contributed by atoms with E-state index in [-0.39, 0.29) is 5.69 Å². The number of anilines is 1. The van der Waals surface area contributed by atoms with Crippen LogP contribution in [0.5, 0.6) is 0 Å². The van der Waals surface area contributed by atoms with Crippen molar-refractivity contribution in [2.45, 2.75) is 9.79 Å². The molecule has 0 aromatic heterocycles. The zero-order valence-corrected chi connectivity index (χ0v) is 8.92. The van der Waals surface area contributed by atoms with Crippen molar-refractivity contribution in [1.29, 1.82) is 0 Å². The Balaban J connectivity index is 3.57. The van der Waals surface area contributed by atoms with Crippen LogP contribution in [0, 0.1) is 0 Å². The Kier molecular flexibility index (Phi) is 2.74. The fourth-order valence-corrected chi connectivity index (χ4v) is 2.19. The molecule has 0 unspecified atom stereocenters. The molecule has 1 rings (SSSR count). The Bertz CT molecular complexity index is 590. The van der Waals surface area contributed by atoms with Gasteiger partial charge in [-0.1, -0.05) is 0 Å². The SMILES string of the molecule is Nc1ccc(S(=O)(=O)O)cc1S(N)(=O)=O. The number of hydrogen-bond donors (Lipinski definition) is 3. The highest BCUT2D eigenvalue weighted by molar-refractivity contribution is 7.89. The Hall–Kier alpha value is -1.16. The molecule has 0 heterocycles. The fraction of sp³-hybridized carbons (Fsp3) is 0. The molecule has 0 amide bonds. The number of nitrogen functional groups attached to an aromatic ring is 1. The predicted molar refractivity (Wildman–Crippen MR) is 52.0 cm³/mol. The number of rotatable bonds is 2. The van der Waals surface area contributed by atoms with Gasteiger partial charge in [0, 0.05) is 0 Å². The standard InChI is InChI=1S/C6H8N2O5S2/c7-5-2-1-4(15(11,12)13)3-6(5)14(8,9)10/h1-3H,7H2,(H2,8,9,10)(H,11,12,13). The van der Waals surface area contributed by atoms with Crippen molar-refractivity contribution in [3.05, 3.63) is 18.2 Å². The first kappa shape index (κ1) is 11.9. The van der Waals surface area contributed by atoms with E-state index in [1.165, 1.54) is 0 Å². The largest absolute Gasteiger partial charge is 0.398 e. The lowest BCUT2D eigenvalue weighted by molar-refractivity contribution is 0.483. The molecule has 0 aliphatic rings. The molecule has 15 heavy (non-hydrogen) atoms. The van der Waals surface area contributed by atoms with Crippen molar-refractivity contribution in [1.82, 2.24) is 0 Å². The van der Waals surface area contributed by atoms with Crippen LogP contribution in [-0.4, -0.2) is 21.4 Å². The van der Waals surface area contributed by atoms with Crippen molar-refractivity contribution in [2.75, 3.05) is 5.73 Å². The number of nitrogens with two attached hydrogens (primary N) is 2. The monoisotopic (exact) mass is 252 g/mol. The van der Waals surface area contributed by atoms with Gasteiger partial charge in [-0.15, -0.1) is 0 Å². The topological polar surface area (TPSA) is 141 Å². The summed E-state index contributed by atoms with van der Waals surface area (Å²) >= 11 is 0. The summed E-state index contributed by atoms with van der Waals surface area (Å²) in [6.45, 7) is 0. The molecule has 0 aliphatic heterocycles. The summed E-state index contributed by atoms with van der Waals surface area (Å²) < 4.78 is 52.0. The summed E-state index contributed by atoms with van der Waals surface area (Å²) in [6.07, 6.45) is 0. The molecular formula is C6H8N2O5S2. The maximum atomic E-state index is 11.0. The van der Waals surface area contributed by atoms with Gasteiger partial charge in [0.15, 0.2) is 0 Å². The fourth-order valence-electron chi connectivity index (χ4n) is 0.922. The Morgan fingerprint density at radius 1 is 1.13 bits per heavy atom. The summed E-state index contributed by atoms with van der Waals surface area (Å²) in [4.78, 5) is -1.13. The van der Waals surface area contributed by atoms with Gasteiger partial charge in [0.25, 0.3) is 10.1 Å². The quantitative estimate of drug-likeness (QED) is 0.463. The lowest BCUT2D eigenvalue weighted by Gasteiger charge is -2.04. The minimum absolute atomic E-state index is 0.190. The zero-order valence-electron chi connectivity index (χ0n) is 7.28. The van der Waals surface area contributed by atoms with Gasteiger partial charge in [-0.2, -0.15) is 8.42 Å². The molecule has 84 valence electrons. The van der Waals surface area contributed by atoms with E-state index in [4.69, 9.17) is 15.4 Å². The molecule has 0 atom stereocenters. The molecule has 0 aliphatic carbocycles. The van der Waals surface area contributed by atoms with E-state index >= 15 is 0 Å². The van der Waals surface area contributed by atoms with E-state index in [0.717, 1.165) is 12.1 Å². The maximum Gasteiger partial charge on any atom is 0.294 e. The van der Waals surface area contributed by atoms with Gasteiger partial charge in [0.1, 0.15) is 4.90 Å².